The summed E-state index contributed by atoms with van der Waals surface area (Å²) in [6.07, 6.45) is 8.03. The molecule has 1 aromatic carbocycles. The van der Waals surface area contributed by atoms with Gasteiger partial charge in [-0.2, -0.15) is 0 Å². The van der Waals surface area contributed by atoms with E-state index < -0.39 is 11.6 Å². The van der Waals surface area contributed by atoms with Gasteiger partial charge in [-0.05, 0) is 49.9 Å². The maximum absolute atomic E-state index is 13.6. The summed E-state index contributed by atoms with van der Waals surface area (Å²) >= 11 is 0. The second-order valence-corrected chi connectivity index (χ2v) is 4.40. The standard InChI is InChI=1S/C17H19F2N3/c1-4-10-21-13(3)14(8-9-20)11-12(2)22-17-15(18)6-5-7-16(17)19/h4-11,22H,2,20H2,1,3H3/b9-8-,10-4-,14-11+,21-13-. The minimum atomic E-state index is -0.690. The molecule has 0 aliphatic rings. The second-order valence-electron chi connectivity index (χ2n) is 4.40. The third-order valence-electron chi connectivity index (χ3n) is 2.69. The van der Waals surface area contributed by atoms with Crippen LogP contribution in [-0.2, 0) is 0 Å². The number of anilines is 1. The highest BCUT2D eigenvalue weighted by molar-refractivity contribution is 6.01. The summed E-state index contributed by atoms with van der Waals surface area (Å²) in [6.45, 7) is 7.39. The normalized spacial score (nSPS) is 13.1. The maximum atomic E-state index is 13.6. The predicted octanol–water partition coefficient (Wildman–Crippen LogP) is 4.28. The van der Waals surface area contributed by atoms with Gasteiger partial charge in [-0.3, -0.25) is 4.99 Å². The highest BCUT2D eigenvalue weighted by atomic mass is 19.1. The van der Waals surface area contributed by atoms with Gasteiger partial charge in [0.15, 0.2) is 0 Å². The molecule has 0 saturated carbocycles. The molecule has 0 radical (unpaired) electrons. The Morgan fingerprint density at radius 1 is 1.32 bits per heavy atom. The highest BCUT2D eigenvalue weighted by Gasteiger charge is 2.08. The Bertz CT molecular complexity index is 636. The molecule has 116 valence electrons. The van der Waals surface area contributed by atoms with E-state index in [1.807, 2.05) is 6.92 Å². The average molecular weight is 303 g/mol. The van der Waals surface area contributed by atoms with Crippen LogP contribution in [0, 0.1) is 11.6 Å². The Labute approximate surface area is 129 Å². The number of para-hydroxylation sites is 1. The first-order valence-corrected chi connectivity index (χ1v) is 6.65. The van der Waals surface area contributed by atoms with Crippen molar-refractivity contribution in [1.82, 2.24) is 0 Å². The van der Waals surface area contributed by atoms with Crippen molar-refractivity contribution in [3.8, 4) is 0 Å². The van der Waals surface area contributed by atoms with Gasteiger partial charge in [0.2, 0.25) is 0 Å². The lowest BCUT2D eigenvalue weighted by Gasteiger charge is -2.09. The van der Waals surface area contributed by atoms with E-state index in [2.05, 4.69) is 16.9 Å². The lowest BCUT2D eigenvalue weighted by molar-refractivity contribution is 0.590. The Balaban J connectivity index is 3.04. The van der Waals surface area contributed by atoms with Crippen molar-refractivity contribution in [1.29, 1.82) is 0 Å². The molecule has 22 heavy (non-hydrogen) atoms. The number of hydrogen-bond donors (Lipinski definition) is 2. The van der Waals surface area contributed by atoms with E-state index in [1.165, 1.54) is 24.4 Å². The van der Waals surface area contributed by atoms with Gasteiger partial charge in [0.05, 0.1) is 0 Å². The zero-order chi connectivity index (χ0) is 16.5. The maximum Gasteiger partial charge on any atom is 0.149 e. The van der Waals surface area contributed by atoms with Crippen LogP contribution < -0.4 is 11.1 Å². The van der Waals surface area contributed by atoms with Crippen LogP contribution in [0.2, 0.25) is 0 Å². The fourth-order valence-corrected chi connectivity index (χ4v) is 1.64. The first-order chi connectivity index (χ1) is 10.5. The summed E-state index contributed by atoms with van der Waals surface area (Å²) in [4.78, 5) is 4.20. The molecule has 0 spiro atoms. The number of rotatable bonds is 6. The van der Waals surface area contributed by atoms with E-state index in [4.69, 9.17) is 5.73 Å². The molecule has 0 saturated heterocycles. The molecule has 0 aromatic heterocycles. The molecule has 0 atom stereocenters. The SMILES string of the molecule is C=C(/C=C(\C=C/N)C(/C)=N\C=C/C)Nc1c(F)cccc1F. The van der Waals surface area contributed by atoms with Crippen LogP contribution >= 0.6 is 0 Å². The molecule has 0 aliphatic heterocycles. The van der Waals surface area contributed by atoms with Crippen molar-refractivity contribution in [2.24, 2.45) is 10.7 Å². The number of benzene rings is 1. The van der Waals surface area contributed by atoms with E-state index in [0.29, 0.717) is 17.0 Å². The number of hydrogen-bond acceptors (Lipinski definition) is 3. The molecule has 0 unspecified atom stereocenters. The van der Waals surface area contributed by atoms with Crippen molar-refractivity contribution in [3.63, 3.8) is 0 Å². The van der Waals surface area contributed by atoms with Gasteiger partial charge in [-0.1, -0.05) is 18.7 Å². The minimum Gasteiger partial charge on any atom is -0.405 e. The quantitative estimate of drug-likeness (QED) is 0.608. The molecule has 3 N–H and O–H groups in total. The van der Waals surface area contributed by atoms with Crippen LogP contribution in [0.1, 0.15) is 13.8 Å². The van der Waals surface area contributed by atoms with Gasteiger partial charge >= 0.3 is 0 Å². The third-order valence-corrected chi connectivity index (χ3v) is 2.69. The predicted molar refractivity (Wildman–Crippen MR) is 88.5 cm³/mol. The molecule has 3 nitrogen and oxygen atoms in total. The fraction of sp³-hybridized carbons (Fsp3) is 0.118. The number of halogens is 2. The summed E-state index contributed by atoms with van der Waals surface area (Å²) < 4.78 is 27.2. The van der Waals surface area contributed by atoms with Crippen LogP contribution in [0.3, 0.4) is 0 Å². The van der Waals surface area contributed by atoms with Gasteiger partial charge in [-0.25, -0.2) is 8.78 Å². The first-order valence-electron chi connectivity index (χ1n) is 6.65. The Morgan fingerprint density at radius 3 is 2.50 bits per heavy atom. The molecule has 0 bridgehead atoms. The highest BCUT2D eigenvalue weighted by Crippen LogP contribution is 2.20. The summed E-state index contributed by atoms with van der Waals surface area (Å²) in [5.41, 5.74) is 6.84. The number of allylic oxidation sites excluding steroid dienone is 4. The van der Waals surface area contributed by atoms with E-state index >= 15 is 0 Å². The monoisotopic (exact) mass is 303 g/mol. The number of nitrogens with one attached hydrogen (secondary N) is 1. The van der Waals surface area contributed by atoms with E-state index in [1.54, 1.807) is 31.4 Å². The lowest BCUT2D eigenvalue weighted by atomic mass is 10.1. The molecular formula is C17H19F2N3. The average Bonchev–Trinajstić information content (AvgIpc) is 2.48. The minimum absolute atomic E-state index is 0.247. The molecule has 1 rings (SSSR count). The van der Waals surface area contributed by atoms with E-state index in [9.17, 15) is 8.78 Å². The van der Waals surface area contributed by atoms with Crippen LogP contribution in [0.15, 0.2) is 71.7 Å². The zero-order valence-corrected chi connectivity index (χ0v) is 12.6. The van der Waals surface area contributed by atoms with Crippen LogP contribution in [0.5, 0.6) is 0 Å². The summed E-state index contributed by atoms with van der Waals surface area (Å²) in [6, 6.07) is 3.63. The molecule has 5 heteroatoms. The Hall–Kier alpha value is -2.69. The molecular weight excluding hydrogens is 284 g/mol. The summed E-state index contributed by atoms with van der Waals surface area (Å²) in [5.74, 6) is -1.38. The summed E-state index contributed by atoms with van der Waals surface area (Å²) in [7, 11) is 0. The van der Waals surface area contributed by atoms with Crippen LogP contribution in [-0.4, -0.2) is 5.71 Å². The van der Waals surface area contributed by atoms with Crippen molar-refractivity contribution >= 4 is 11.4 Å². The zero-order valence-electron chi connectivity index (χ0n) is 12.6. The fourth-order valence-electron chi connectivity index (χ4n) is 1.64. The lowest BCUT2D eigenvalue weighted by Crippen LogP contribution is -2.03. The van der Waals surface area contributed by atoms with Gasteiger partial charge in [0, 0.05) is 17.6 Å². The van der Waals surface area contributed by atoms with E-state index in [0.717, 1.165) is 0 Å². The molecule has 0 aliphatic carbocycles. The van der Waals surface area contributed by atoms with Crippen molar-refractivity contribution < 1.29 is 8.78 Å². The van der Waals surface area contributed by atoms with Gasteiger partial charge in [0.25, 0.3) is 0 Å². The number of aliphatic imine (C=N–C) groups is 1. The van der Waals surface area contributed by atoms with Crippen molar-refractivity contribution in [3.05, 3.63) is 78.3 Å². The smallest absolute Gasteiger partial charge is 0.149 e. The second kappa shape index (κ2) is 8.56. The van der Waals surface area contributed by atoms with Gasteiger partial charge in [0.1, 0.15) is 17.3 Å². The third kappa shape index (κ3) is 5.01. The molecule has 1 aromatic rings. The number of nitrogens with two attached hydrogens (primary N) is 1. The Kier molecular flexibility index (Phi) is 6.76. The van der Waals surface area contributed by atoms with Crippen molar-refractivity contribution in [2.75, 3.05) is 5.32 Å². The van der Waals surface area contributed by atoms with E-state index in [-0.39, 0.29) is 5.69 Å². The van der Waals surface area contributed by atoms with Crippen LogP contribution in [0.4, 0.5) is 14.5 Å². The van der Waals surface area contributed by atoms with Crippen molar-refractivity contribution in [2.45, 2.75) is 13.8 Å². The molecule has 0 fully saturated rings. The first kappa shape index (κ1) is 17.4. The van der Waals surface area contributed by atoms with Gasteiger partial charge < -0.3 is 11.1 Å². The largest absolute Gasteiger partial charge is 0.405 e. The van der Waals surface area contributed by atoms with Crippen LogP contribution in [0.25, 0.3) is 0 Å². The summed E-state index contributed by atoms with van der Waals surface area (Å²) in [5, 5.41) is 2.61. The Morgan fingerprint density at radius 2 is 1.95 bits per heavy atom. The molecule has 0 heterocycles. The van der Waals surface area contributed by atoms with Gasteiger partial charge in [-0.15, -0.1) is 0 Å². The number of nitrogens with zero attached hydrogens (tertiary/aromatic N) is 1. The molecule has 0 amide bonds. The topological polar surface area (TPSA) is 50.4 Å².